The number of nitrogens with two attached hydrogens (primary N) is 1. The van der Waals surface area contributed by atoms with Crippen LogP contribution in [-0.2, 0) is 0 Å². The van der Waals surface area contributed by atoms with Crippen molar-refractivity contribution in [2.75, 3.05) is 5.73 Å². The first-order chi connectivity index (χ1) is 7.93. The molecule has 1 heterocycles. The molecule has 90 valence electrons. The van der Waals surface area contributed by atoms with E-state index in [-0.39, 0.29) is 0 Å². The molecule has 0 spiro atoms. The van der Waals surface area contributed by atoms with E-state index in [1.807, 2.05) is 19.1 Å². The van der Waals surface area contributed by atoms with Gasteiger partial charge in [-0.25, -0.2) is 0 Å². The third-order valence-corrected chi connectivity index (χ3v) is 4.18. The summed E-state index contributed by atoms with van der Waals surface area (Å²) in [7, 11) is 0. The first kappa shape index (κ1) is 12.8. The molecule has 0 aliphatic rings. The molecule has 1 aromatic heterocycles. The number of nitrogens with zero attached hydrogens (tertiary/aromatic N) is 1. The summed E-state index contributed by atoms with van der Waals surface area (Å²) in [6.07, 6.45) is 0. The summed E-state index contributed by atoms with van der Waals surface area (Å²) in [5.74, 6) is 0.373. The van der Waals surface area contributed by atoms with Crippen molar-refractivity contribution < 1.29 is 0 Å². The molecular formula is C13H14Br2N2. The average Bonchev–Trinajstić information content (AvgIpc) is 2.22. The highest BCUT2D eigenvalue weighted by molar-refractivity contribution is 9.11. The Morgan fingerprint density at radius 3 is 2.35 bits per heavy atom. The Hall–Kier alpha value is -0.610. The standard InChI is InChI=1S/C13H14Br2N2/c1-6(2)10-7(3)17-13-9(15)5-4-8(14)11(13)12(10)16/h4-6H,1-3H3,(H2,16,17). The molecule has 0 saturated carbocycles. The molecule has 4 heteroatoms. The highest BCUT2D eigenvalue weighted by atomic mass is 79.9. The monoisotopic (exact) mass is 356 g/mol. The van der Waals surface area contributed by atoms with Gasteiger partial charge in [0.05, 0.1) is 5.52 Å². The van der Waals surface area contributed by atoms with Crippen LogP contribution in [0, 0.1) is 6.92 Å². The predicted molar refractivity (Wildman–Crippen MR) is 80.4 cm³/mol. The lowest BCUT2D eigenvalue weighted by atomic mass is 9.97. The molecule has 2 N–H and O–H groups in total. The smallest absolute Gasteiger partial charge is 0.0879 e. The fourth-order valence-electron chi connectivity index (χ4n) is 2.19. The van der Waals surface area contributed by atoms with Crippen molar-refractivity contribution >= 4 is 48.5 Å². The molecule has 0 bridgehead atoms. The quantitative estimate of drug-likeness (QED) is 0.797. The Morgan fingerprint density at radius 1 is 1.18 bits per heavy atom. The minimum Gasteiger partial charge on any atom is -0.398 e. The Labute approximate surface area is 118 Å². The second kappa shape index (κ2) is 4.58. The number of halogens is 2. The fraction of sp³-hybridized carbons (Fsp3) is 0.308. The van der Waals surface area contributed by atoms with E-state index in [2.05, 4.69) is 50.7 Å². The van der Waals surface area contributed by atoms with Crippen LogP contribution in [0.1, 0.15) is 31.0 Å². The van der Waals surface area contributed by atoms with Crippen LogP contribution in [0.2, 0.25) is 0 Å². The third-order valence-electron chi connectivity index (χ3n) is 2.88. The van der Waals surface area contributed by atoms with Crippen molar-refractivity contribution in [1.29, 1.82) is 0 Å². The van der Waals surface area contributed by atoms with Gasteiger partial charge in [-0.3, -0.25) is 4.98 Å². The summed E-state index contributed by atoms with van der Waals surface area (Å²) in [5.41, 5.74) is 10.2. The molecule has 0 unspecified atom stereocenters. The van der Waals surface area contributed by atoms with Gasteiger partial charge in [-0.1, -0.05) is 29.8 Å². The van der Waals surface area contributed by atoms with E-state index in [1.54, 1.807) is 0 Å². The Kier molecular flexibility index (Phi) is 3.46. The fourth-order valence-corrected chi connectivity index (χ4v) is 3.15. The van der Waals surface area contributed by atoms with E-state index in [1.165, 1.54) is 0 Å². The van der Waals surface area contributed by atoms with E-state index in [9.17, 15) is 0 Å². The van der Waals surface area contributed by atoms with Crippen molar-refractivity contribution in [3.05, 3.63) is 32.3 Å². The SMILES string of the molecule is Cc1nc2c(Br)ccc(Br)c2c(N)c1C(C)C. The van der Waals surface area contributed by atoms with Gasteiger partial charge in [0.1, 0.15) is 0 Å². The van der Waals surface area contributed by atoms with Gasteiger partial charge in [0.2, 0.25) is 0 Å². The van der Waals surface area contributed by atoms with Gasteiger partial charge in [-0.2, -0.15) is 0 Å². The van der Waals surface area contributed by atoms with Crippen molar-refractivity contribution in [2.45, 2.75) is 26.7 Å². The minimum atomic E-state index is 0.373. The van der Waals surface area contributed by atoms with Crippen LogP contribution in [-0.4, -0.2) is 4.98 Å². The molecule has 0 saturated heterocycles. The maximum Gasteiger partial charge on any atom is 0.0879 e. The largest absolute Gasteiger partial charge is 0.398 e. The van der Waals surface area contributed by atoms with Crippen LogP contribution in [0.3, 0.4) is 0 Å². The highest BCUT2D eigenvalue weighted by Crippen LogP contribution is 2.38. The predicted octanol–water partition coefficient (Wildman–Crippen LogP) is 4.77. The zero-order valence-corrected chi connectivity index (χ0v) is 13.2. The summed E-state index contributed by atoms with van der Waals surface area (Å²) in [6.45, 7) is 6.29. The lowest BCUT2D eigenvalue weighted by Gasteiger charge is -2.16. The van der Waals surface area contributed by atoms with Crippen molar-refractivity contribution in [3.63, 3.8) is 0 Å². The summed E-state index contributed by atoms with van der Waals surface area (Å²) in [6, 6.07) is 3.97. The number of benzene rings is 1. The van der Waals surface area contributed by atoms with E-state index in [0.29, 0.717) is 5.92 Å². The molecule has 2 rings (SSSR count). The van der Waals surface area contributed by atoms with Crippen LogP contribution >= 0.6 is 31.9 Å². The lowest BCUT2D eigenvalue weighted by Crippen LogP contribution is -2.04. The van der Waals surface area contributed by atoms with Crippen molar-refractivity contribution in [2.24, 2.45) is 0 Å². The number of aromatic nitrogens is 1. The number of rotatable bonds is 1. The Bertz CT molecular complexity index is 592. The van der Waals surface area contributed by atoms with Crippen molar-refractivity contribution in [1.82, 2.24) is 4.98 Å². The number of hydrogen-bond acceptors (Lipinski definition) is 2. The molecule has 2 aromatic rings. The van der Waals surface area contributed by atoms with Gasteiger partial charge >= 0.3 is 0 Å². The average molecular weight is 358 g/mol. The lowest BCUT2D eigenvalue weighted by molar-refractivity contribution is 0.851. The normalized spacial score (nSPS) is 11.4. The van der Waals surface area contributed by atoms with E-state index in [4.69, 9.17) is 5.73 Å². The molecule has 2 nitrogen and oxygen atoms in total. The molecule has 0 radical (unpaired) electrons. The van der Waals surface area contributed by atoms with Crippen molar-refractivity contribution in [3.8, 4) is 0 Å². The maximum absolute atomic E-state index is 6.30. The number of aryl methyl sites for hydroxylation is 1. The maximum atomic E-state index is 6.30. The van der Waals surface area contributed by atoms with E-state index < -0.39 is 0 Å². The Balaban J connectivity index is 2.97. The molecule has 1 aromatic carbocycles. The summed E-state index contributed by atoms with van der Waals surface area (Å²) < 4.78 is 1.96. The number of anilines is 1. The summed E-state index contributed by atoms with van der Waals surface area (Å²) in [5, 5.41) is 0.994. The van der Waals surface area contributed by atoms with E-state index in [0.717, 1.165) is 36.8 Å². The zero-order chi connectivity index (χ0) is 12.7. The van der Waals surface area contributed by atoms with E-state index >= 15 is 0 Å². The Morgan fingerprint density at radius 2 is 1.76 bits per heavy atom. The number of nitrogen functional groups attached to an aromatic ring is 1. The first-order valence-corrected chi connectivity index (χ1v) is 7.05. The van der Waals surface area contributed by atoms with Gasteiger partial charge < -0.3 is 5.73 Å². The zero-order valence-electron chi connectivity index (χ0n) is 10.0. The second-order valence-electron chi connectivity index (χ2n) is 4.43. The van der Waals surface area contributed by atoms with Crippen LogP contribution in [0.25, 0.3) is 10.9 Å². The first-order valence-electron chi connectivity index (χ1n) is 5.47. The molecule has 0 aliphatic carbocycles. The summed E-state index contributed by atoms with van der Waals surface area (Å²) >= 11 is 7.07. The number of pyridine rings is 1. The topological polar surface area (TPSA) is 38.9 Å². The van der Waals surface area contributed by atoms with Crippen LogP contribution in [0.15, 0.2) is 21.1 Å². The molecule has 17 heavy (non-hydrogen) atoms. The number of fused-ring (bicyclic) bond motifs is 1. The molecule has 0 amide bonds. The van der Waals surface area contributed by atoms with Crippen LogP contribution in [0.5, 0.6) is 0 Å². The van der Waals surface area contributed by atoms with Crippen LogP contribution in [0.4, 0.5) is 5.69 Å². The van der Waals surface area contributed by atoms with Gasteiger partial charge in [-0.15, -0.1) is 0 Å². The minimum absolute atomic E-state index is 0.373. The van der Waals surface area contributed by atoms with Gasteiger partial charge in [0.15, 0.2) is 0 Å². The second-order valence-corrected chi connectivity index (χ2v) is 6.14. The van der Waals surface area contributed by atoms with Gasteiger partial charge in [0.25, 0.3) is 0 Å². The third kappa shape index (κ3) is 2.08. The highest BCUT2D eigenvalue weighted by Gasteiger charge is 2.16. The molecule has 0 atom stereocenters. The summed E-state index contributed by atoms with van der Waals surface area (Å²) in [4.78, 5) is 4.66. The van der Waals surface area contributed by atoms with Crippen LogP contribution < -0.4 is 5.73 Å². The molecule has 0 fully saturated rings. The molecular weight excluding hydrogens is 344 g/mol. The molecule has 0 aliphatic heterocycles. The number of hydrogen-bond donors (Lipinski definition) is 1. The van der Waals surface area contributed by atoms with Gasteiger partial charge in [-0.05, 0) is 46.5 Å². The van der Waals surface area contributed by atoms with Gasteiger partial charge in [0, 0.05) is 25.7 Å².